The van der Waals surface area contributed by atoms with E-state index in [1.54, 1.807) is 0 Å². The molecule has 3 aromatic carbocycles. The average molecular weight is 217 g/mol. The number of hydrogen-bond acceptors (Lipinski definition) is 1. The number of benzene rings is 3. The van der Waals surface area contributed by atoms with Gasteiger partial charge in [-0.05, 0) is 33.2 Å². The van der Waals surface area contributed by atoms with E-state index in [4.69, 9.17) is 0 Å². The fourth-order valence-electron chi connectivity index (χ4n) is 2.76. The first-order valence-electron chi connectivity index (χ1n) is 5.87. The summed E-state index contributed by atoms with van der Waals surface area (Å²) in [7, 11) is 0. The topological polar surface area (TPSA) is 12.4 Å². The zero-order chi connectivity index (χ0) is 11.2. The van der Waals surface area contributed by atoms with Crippen molar-refractivity contribution >= 4 is 27.8 Å². The van der Waals surface area contributed by atoms with Crippen molar-refractivity contribution in [2.75, 3.05) is 0 Å². The Morgan fingerprint density at radius 3 is 2.76 bits per heavy atom. The summed E-state index contributed by atoms with van der Waals surface area (Å²) in [6, 6.07) is 17.3. The van der Waals surface area contributed by atoms with Crippen LogP contribution in [-0.4, -0.2) is 6.21 Å². The van der Waals surface area contributed by atoms with Crippen LogP contribution in [0.4, 0.5) is 0 Å². The lowest BCUT2D eigenvalue weighted by molar-refractivity contribution is 1.09. The number of hydrogen-bond donors (Lipinski definition) is 0. The third-order valence-corrected chi connectivity index (χ3v) is 3.51. The van der Waals surface area contributed by atoms with Crippen molar-refractivity contribution in [3.63, 3.8) is 0 Å². The van der Waals surface area contributed by atoms with Gasteiger partial charge in [0.05, 0.1) is 6.54 Å². The van der Waals surface area contributed by atoms with E-state index in [0.717, 1.165) is 6.54 Å². The van der Waals surface area contributed by atoms with E-state index in [0.29, 0.717) is 0 Å². The van der Waals surface area contributed by atoms with Crippen molar-refractivity contribution in [1.29, 1.82) is 0 Å². The van der Waals surface area contributed by atoms with E-state index in [2.05, 4.69) is 53.5 Å². The van der Waals surface area contributed by atoms with E-state index < -0.39 is 0 Å². The van der Waals surface area contributed by atoms with Crippen LogP contribution in [0.5, 0.6) is 0 Å². The maximum Gasteiger partial charge on any atom is 0.0652 e. The van der Waals surface area contributed by atoms with E-state index in [9.17, 15) is 0 Å². The van der Waals surface area contributed by atoms with Gasteiger partial charge in [0.1, 0.15) is 0 Å². The van der Waals surface area contributed by atoms with Gasteiger partial charge in [-0.3, -0.25) is 4.99 Å². The van der Waals surface area contributed by atoms with Crippen LogP contribution in [-0.2, 0) is 6.54 Å². The van der Waals surface area contributed by atoms with Crippen molar-refractivity contribution in [3.05, 3.63) is 59.7 Å². The maximum absolute atomic E-state index is 4.47. The number of aliphatic imine (C=N–C) groups is 1. The Bertz CT molecular complexity index is 769. The second-order valence-corrected chi connectivity index (χ2v) is 4.49. The minimum atomic E-state index is 0.800. The summed E-state index contributed by atoms with van der Waals surface area (Å²) in [6.45, 7) is 0.800. The van der Waals surface area contributed by atoms with Gasteiger partial charge in [-0.25, -0.2) is 0 Å². The van der Waals surface area contributed by atoms with E-state index in [1.807, 2.05) is 6.21 Å². The Hall–Kier alpha value is -2.15. The van der Waals surface area contributed by atoms with Crippen molar-refractivity contribution in [2.24, 2.45) is 4.99 Å². The van der Waals surface area contributed by atoms with Crippen LogP contribution in [0, 0.1) is 0 Å². The Morgan fingerprint density at radius 1 is 0.882 bits per heavy atom. The lowest BCUT2D eigenvalue weighted by atomic mass is 9.92. The number of fused-ring (bicyclic) bond motifs is 2. The minimum absolute atomic E-state index is 0.800. The maximum atomic E-state index is 4.47. The van der Waals surface area contributed by atoms with E-state index >= 15 is 0 Å². The molecule has 0 N–H and O–H groups in total. The molecule has 0 spiro atoms. The molecule has 1 heteroatoms. The molecule has 0 saturated heterocycles. The van der Waals surface area contributed by atoms with Gasteiger partial charge in [0, 0.05) is 11.8 Å². The summed E-state index contributed by atoms with van der Waals surface area (Å²) in [5.74, 6) is 0. The van der Waals surface area contributed by atoms with Crippen LogP contribution in [0.15, 0.2) is 53.5 Å². The Labute approximate surface area is 99.4 Å². The molecule has 1 nitrogen and oxygen atoms in total. The third-order valence-electron chi connectivity index (χ3n) is 3.51. The first kappa shape index (κ1) is 8.94. The Balaban J connectivity index is 2.33. The predicted octanol–water partition coefficient (Wildman–Crippen LogP) is 3.93. The largest absolute Gasteiger partial charge is 0.288 e. The Kier molecular flexibility index (Phi) is 1.67. The molecule has 0 aromatic heterocycles. The third kappa shape index (κ3) is 1.17. The van der Waals surface area contributed by atoms with Gasteiger partial charge in [-0.15, -0.1) is 0 Å². The Morgan fingerprint density at radius 2 is 1.76 bits per heavy atom. The summed E-state index contributed by atoms with van der Waals surface area (Å²) in [5.41, 5.74) is 2.62. The molecule has 0 radical (unpaired) electrons. The molecule has 0 aliphatic carbocycles. The highest BCUT2D eigenvalue weighted by molar-refractivity contribution is 6.10. The summed E-state index contributed by atoms with van der Waals surface area (Å²) in [5, 5.41) is 5.34. The van der Waals surface area contributed by atoms with Crippen LogP contribution in [0.25, 0.3) is 21.5 Å². The smallest absolute Gasteiger partial charge is 0.0652 e. The highest BCUT2D eigenvalue weighted by Crippen LogP contribution is 2.32. The van der Waals surface area contributed by atoms with Crippen molar-refractivity contribution < 1.29 is 0 Å². The molecular weight excluding hydrogens is 206 g/mol. The van der Waals surface area contributed by atoms with Crippen molar-refractivity contribution in [3.8, 4) is 0 Å². The number of rotatable bonds is 0. The standard InChI is InChI=1S/C16H11N/c1-2-7-14-11(4-1)8-12-5-3-6-13-9-17-10-15(14)16(12)13/h1-9H,10H2. The fourth-order valence-corrected chi connectivity index (χ4v) is 2.76. The highest BCUT2D eigenvalue weighted by atomic mass is 14.7. The molecule has 0 amide bonds. The van der Waals surface area contributed by atoms with E-state index in [1.165, 1.54) is 32.7 Å². The van der Waals surface area contributed by atoms with Crippen LogP contribution in [0.2, 0.25) is 0 Å². The quantitative estimate of drug-likeness (QED) is 0.506. The zero-order valence-electron chi connectivity index (χ0n) is 9.35. The lowest BCUT2D eigenvalue weighted by Crippen LogP contribution is -1.98. The molecule has 1 aliphatic heterocycles. The molecule has 0 unspecified atom stereocenters. The zero-order valence-corrected chi connectivity index (χ0v) is 9.35. The average Bonchev–Trinajstić information content (AvgIpc) is 2.39. The predicted molar refractivity (Wildman–Crippen MR) is 72.8 cm³/mol. The van der Waals surface area contributed by atoms with Gasteiger partial charge in [0.15, 0.2) is 0 Å². The summed E-state index contributed by atoms with van der Waals surface area (Å²) in [4.78, 5) is 4.47. The first-order chi connectivity index (χ1) is 8.43. The molecule has 17 heavy (non-hydrogen) atoms. The molecule has 3 aromatic rings. The molecule has 1 aliphatic rings. The highest BCUT2D eigenvalue weighted by Gasteiger charge is 2.12. The van der Waals surface area contributed by atoms with Gasteiger partial charge in [0.2, 0.25) is 0 Å². The van der Waals surface area contributed by atoms with Crippen molar-refractivity contribution in [1.82, 2.24) is 0 Å². The molecule has 80 valence electrons. The molecule has 0 bridgehead atoms. The number of nitrogens with zero attached hydrogens (tertiary/aromatic N) is 1. The SMILES string of the molecule is C1=NCc2c3ccccc3cc3cccc1c23. The summed E-state index contributed by atoms with van der Waals surface area (Å²) < 4.78 is 0. The fraction of sp³-hybridized carbons (Fsp3) is 0.0625. The van der Waals surface area contributed by atoms with Crippen LogP contribution < -0.4 is 0 Å². The minimum Gasteiger partial charge on any atom is -0.288 e. The molecular formula is C16H11N. The molecule has 0 fully saturated rings. The normalized spacial score (nSPS) is 13.4. The molecule has 1 heterocycles. The van der Waals surface area contributed by atoms with Gasteiger partial charge in [-0.1, -0.05) is 42.5 Å². The summed E-state index contributed by atoms with van der Waals surface area (Å²) in [6.07, 6.45) is 1.99. The van der Waals surface area contributed by atoms with E-state index in [-0.39, 0.29) is 0 Å². The van der Waals surface area contributed by atoms with Crippen LogP contribution >= 0.6 is 0 Å². The molecule has 0 atom stereocenters. The molecule has 0 saturated carbocycles. The monoisotopic (exact) mass is 217 g/mol. The van der Waals surface area contributed by atoms with Crippen molar-refractivity contribution in [2.45, 2.75) is 6.54 Å². The van der Waals surface area contributed by atoms with Gasteiger partial charge in [0.25, 0.3) is 0 Å². The first-order valence-corrected chi connectivity index (χ1v) is 5.87. The second-order valence-electron chi connectivity index (χ2n) is 4.49. The molecule has 4 rings (SSSR count). The van der Waals surface area contributed by atoms with Crippen LogP contribution in [0.1, 0.15) is 11.1 Å². The summed E-state index contributed by atoms with van der Waals surface area (Å²) >= 11 is 0. The second kappa shape index (κ2) is 3.17. The lowest BCUT2D eigenvalue weighted by Gasteiger charge is -2.15. The van der Waals surface area contributed by atoms with Gasteiger partial charge < -0.3 is 0 Å². The van der Waals surface area contributed by atoms with Gasteiger partial charge in [-0.2, -0.15) is 0 Å². The van der Waals surface area contributed by atoms with Crippen LogP contribution in [0.3, 0.4) is 0 Å². The van der Waals surface area contributed by atoms with Gasteiger partial charge >= 0.3 is 0 Å².